The van der Waals surface area contributed by atoms with Gasteiger partial charge in [0.1, 0.15) is 6.04 Å². The number of aromatic nitrogens is 1. The van der Waals surface area contributed by atoms with Crippen molar-refractivity contribution in [2.75, 3.05) is 30.7 Å². The highest BCUT2D eigenvalue weighted by Crippen LogP contribution is 2.27. The summed E-state index contributed by atoms with van der Waals surface area (Å²) in [6.45, 7) is 4.36. The van der Waals surface area contributed by atoms with Crippen LogP contribution in [0.5, 0.6) is 0 Å². The first-order valence-electron chi connectivity index (χ1n) is 18.2. The van der Waals surface area contributed by atoms with Gasteiger partial charge in [0.05, 0.1) is 11.0 Å². The summed E-state index contributed by atoms with van der Waals surface area (Å²) in [6.07, 6.45) is 8.53. The first-order chi connectivity index (χ1) is 25.5. The Morgan fingerprint density at radius 3 is 2.43 bits per heavy atom. The van der Waals surface area contributed by atoms with Gasteiger partial charge in [0.25, 0.3) is 0 Å². The van der Waals surface area contributed by atoms with Crippen LogP contribution in [0.3, 0.4) is 0 Å². The number of carboxylic acids is 1. The number of urea groups is 1. The number of nitrogens with zero attached hydrogens (tertiary/aromatic N) is 5. The molecule has 0 spiro atoms. The van der Waals surface area contributed by atoms with Gasteiger partial charge in [-0.1, -0.05) is 25.5 Å². The number of likely N-dealkylation sites (tertiary alicyclic amines) is 1. The number of hydrogen-bond acceptors (Lipinski definition) is 10. The van der Waals surface area contributed by atoms with Crippen LogP contribution in [0.4, 0.5) is 10.5 Å². The number of unbranched alkanes of at least 4 members (excludes halogenated alkanes) is 4. The summed E-state index contributed by atoms with van der Waals surface area (Å²) >= 11 is 1.10. The van der Waals surface area contributed by atoms with Gasteiger partial charge in [0.15, 0.2) is 0 Å². The lowest BCUT2D eigenvalue weighted by Crippen LogP contribution is -2.37. The van der Waals surface area contributed by atoms with Crippen molar-refractivity contribution in [1.82, 2.24) is 25.1 Å². The van der Waals surface area contributed by atoms with Crippen LogP contribution in [0.1, 0.15) is 81.4 Å². The maximum absolute atomic E-state index is 12.8. The zero-order chi connectivity index (χ0) is 37.9. The number of aliphatic carboxylic acids is 1. The molecule has 4 heterocycles. The number of carbonyl (C=O) groups is 6. The number of nitrogens with two attached hydrogens (primary N) is 1. The first-order valence-corrected chi connectivity index (χ1v) is 19.2. The minimum Gasteiger partial charge on any atom is -0.480 e. The number of nitrogens with one attached hydrogen (secondary N) is 2. The molecule has 0 saturated carbocycles. The maximum atomic E-state index is 12.8. The fraction of sp³-hybridized carbons (Fsp3) is 0.514. The molecule has 0 aliphatic carbocycles. The monoisotopic (exact) mass is 748 g/mol. The van der Waals surface area contributed by atoms with E-state index in [9.17, 15) is 28.8 Å². The van der Waals surface area contributed by atoms with E-state index in [0.717, 1.165) is 53.4 Å². The summed E-state index contributed by atoms with van der Waals surface area (Å²) in [5.41, 5.74) is 10.1. The molecule has 3 atom stereocenters. The normalized spacial score (nSPS) is 18.9. The molecule has 0 radical (unpaired) electrons. The van der Waals surface area contributed by atoms with Crippen LogP contribution in [-0.2, 0) is 37.1 Å². The van der Waals surface area contributed by atoms with Crippen LogP contribution in [0, 0.1) is 5.92 Å². The highest BCUT2D eigenvalue weighted by Gasteiger charge is 2.38. The van der Waals surface area contributed by atoms with E-state index in [1.807, 2.05) is 37.3 Å². The third kappa shape index (κ3) is 10.9. The number of thioether (sulfide) groups is 1. The van der Waals surface area contributed by atoms with Crippen molar-refractivity contribution in [1.29, 1.82) is 0 Å². The van der Waals surface area contributed by atoms with Crippen molar-refractivity contribution in [2.45, 2.75) is 89.1 Å². The third-order valence-corrected chi connectivity index (χ3v) is 10.9. The van der Waals surface area contributed by atoms with E-state index in [1.54, 1.807) is 22.3 Å². The first kappa shape index (κ1) is 39.4. The van der Waals surface area contributed by atoms with Gasteiger partial charge in [0.2, 0.25) is 23.6 Å². The van der Waals surface area contributed by atoms with Gasteiger partial charge in [-0.25, -0.2) is 9.80 Å². The molecule has 0 bridgehead atoms. The molecule has 15 nitrogen and oxygen atoms in total. The molecule has 1 fully saturated rings. The number of fused-ring (bicyclic) bond motifs is 1. The van der Waals surface area contributed by atoms with Gasteiger partial charge in [0, 0.05) is 81.7 Å². The van der Waals surface area contributed by atoms with Crippen LogP contribution in [0.15, 0.2) is 47.8 Å². The topological polar surface area (TPSA) is 208 Å². The van der Waals surface area contributed by atoms with Gasteiger partial charge in [-0.2, -0.15) is 5.10 Å². The number of imide groups is 1. The zero-order valence-corrected chi connectivity index (χ0v) is 30.8. The second-order valence-corrected chi connectivity index (χ2v) is 14.9. The van der Waals surface area contributed by atoms with E-state index in [1.165, 1.54) is 4.90 Å². The molecule has 2 aromatic rings. The highest BCUT2D eigenvalue weighted by atomic mass is 32.2. The molecule has 6 amide bonds. The molecule has 5 rings (SSSR count). The third-order valence-electron chi connectivity index (χ3n) is 9.56. The number of benzene rings is 1. The van der Waals surface area contributed by atoms with E-state index in [0.29, 0.717) is 64.0 Å². The molecule has 1 aromatic heterocycles. The molecule has 3 aliphatic heterocycles. The quantitative estimate of drug-likeness (QED) is 0.129. The molecule has 1 aromatic carbocycles. The molecule has 1 saturated heterocycles. The van der Waals surface area contributed by atoms with Crippen molar-refractivity contribution in [3.05, 3.63) is 59.4 Å². The Morgan fingerprint density at radius 1 is 0.943 bits per heavy atom. The summed E-state index contributed by atoms with van der Waals surface area (Å²) < 4.78 is 0. The standard InChI is InChI=1S/C37H48N8O7S/c1-24-18-33(48)45(42-34(24)25-9-11-28(12-10-25)41-37(52)43-21-26-13-15-39-20-27(26)22-43)17-7-3-5-14-40-31(46)8-4-2-6-16-44-32(47)19-30(35(44)49)53-23-29(38)36(50)51/h9-13,15,20,24,29-30H,2-8,14,16-19,21-23,38H2,1H3,(H,40,46)(H,41,52)(H,50,51)/t24?,29-,30?/m0/s1. The fourth-order valence-electron chi connectivity index (χ4n) is 6.48. The van der Waals surface area contributed by atoms with E-state index in [-0.39, 0.29) is 54.3 Å². The van der Waals surface area contributed by atoms with Crippen molar-refractivity contribution in [3.63, 3.8) is 0 Å². The molecular formula is C37H48N8O7S. The van der Waals surface area contributed by atoms with E-state index >= 15 is 0 Å². The van der Waals surface area contributed by atoms with Crippen molar-refractivity contribution < 1.29 is 33.9 Å². The van der Waals surface area contributed by atoms with E-state index in [4.69, 9.17) is 15.9 Å². The molecule has 53 heavy (non-hydrogen) atoms. The van der Waals surface area contributed by atoms with Gasteiger partial charge >= 0.3 is 12.0 Å². The summed E-state index contributed by atoms with van der Waals surface area (Å²) in [4.78, 5) is 80.7. The van der Waals surface area contributed by atoms with Crippen LogP contribution in [0.2, 0.25) is 0 Å². The second kappa shape index (κ2) is 18.8. The average molecular weight is 749 g/mol. The zero-order valence-electron chi connectivity index (χ0n) is 30.0. The Bertz CT molecular complexity index is 1680. The number of pyridine rings is 1. The highest BCUT2D eigenvalue weighted by molar-refractivity contribution is 8.00. The lowest BCUT2D eigenvalue weighted by Gasteiger charge is -2.28. The fourth-order valence-corrected chi connectivity index (χ4v) is 7.59. The van der Waals surface area contributed by atoms with E-state index < -0.39 is 17.3 Å². The minimum absolute atomic E-state index is 0.0158. The molecule has 16 heteroatoms. The lowest BCUT2D eigenvalue weighted by atomic mass is 9.93. The predicted molar refractivity (Wildman–Crippen MR) is 199 cm³/mol. The van der Waals surface area contributed by atoms with Crippen molar-refractivity contribution >= 4 is 58.8 Å². The number of anilines is 1. The van der Waals surface area contributed by atoms with Gasteiger partial charge in [-0.15, -0.1) is 11.8 Å². The van der Waals surface area contributed by atoms with Gasteiger partial charge in [-0.05, 0) is 67.0 Å². The number of rotatable bonds is 18. The Hall–Kier alpha value is -4.83. The maximum Gasteiger partial charge on any atom is 0.322 e. The Balaban J connectivity index is 0.943. The summed E-state index contributed by atoms with van der Waals surface area (Å²) in [6, 6.07) is 8.21. The predicted octanol–water partition coefficient (Wildman–Crippen LogP) is 3.32. The smallest absolute Gasteiger partial charge is 0.322 e. The largest absolute Gasteiger partial charge is 0.480 e. The number of carbonyl (C=O) groups excluding carboxylic acids is 5. The summed E-state index contributed by atoms with van der Waals surface area (Å²) in [5, 5.41) is 20.5. The second-order valence-electron chi connectivity index (χ2n) is 13.7. The molecule has 5 N–H and O–H groups in total. The Kier molecular flexibility index (Phi) is 14.0. The Labute approximate surface area is 313 Å². The van der Waals surface area contributed by atoms with Crippen LogP contribution >= 0.6 is 11.8 Å². The number of hydrazone groups is 1. The van der Waals surface area contributed by atoms with Crippen molar-refractivity contribution in [3.8, 4) is 0 Å². The number of carboxylic acid groups (broad SMARTS) is 1. The molecule has 2 unspecified atom stereocenters. The molecule has 3 aliphatic rings. The Morgan fingerprint density at radius 2 is 1.68 bits per heavy atom. The van der Waals surface area contributed by atoms with E-state index in [2.05, 4.69) is 15.6 Å². The SMILES string of the molecule is CC1CC(=O)N(CCCCCNC(=O)CCCCCN2C(=O)CC(SC[C@H](N)C(=O)O)C2=O)N=C1c1ccc(NC(=O)N2Cc3ccncc3C2)cc1. The molecule has 284 valence electrons. The van der Waals surface area contributed by atoms with Crippen LogP contribution < -0.4 is 16.4 Å². The average Bonchev–Trinajstić information content (AvgIpc) is 3.69. The summed E-state index contributed by atoms with van der Waals surface area (Å²) in [7, 11) is 0. The van der Waals surface area contributed by atoms with Crippen molar-refractivity contribution in [2.24, 2.45) is 16.8 Å². The number of hydrogen-bond donors (Lipinski definition) is 4. The van der Waals surface area contributed by atoms with Crippen LogP contribution in [0.25, 0.3) is 0 Å². The number of amides is 6. The van der Waals surface area contributed by atoms with Crippen LogP contribution in [-0.4, -0.2) is 103 Å². The minimum atomic E-state index is -1.14. The summed E-state index contributed by atoms with van der Waals surface area (Å²) in [5.74, 6) is -1.76. The lowest BCUT2D eigenvalue weighted by molar-refractivity contribution is -0.139. The molecular weight excluding hydrogens is 701 g/mol. The van der Waals surface area contributed by atoms with Gasteiger partial charge < -0.3 is 26.4 Å². The van der Waals surface area contributed by atoms with Gasteiger partial charge in [-0.3, -0.25) is 33.9 Å².